The van der Waals surface area contributed by atoms with E-state index in [2.05, 4.69) is 28.4 Å². The molecular formula is C32H34N2O4. The van der Waals surface area contributed by atoms with Crippen molar-refractivity contribution in [2.75, 3.05) is 13.1 Å². The molecule has 3 aromatic rings. The molecular weight excluding hydrogens is 476 g/mol. The van der Waals surface area contributed by atoms with Crippen molar-refractivity contribution < 1.29 is 19.7 Å². The minimum atomic E-state index is -0.937. The highest BCUT2D eigenvalue weighted by atomic mass is 16.5. The van der Waals surface area contributed by atoms with E-state index < -0.39 is 17.1 Å². The van der Waals surface area contributed by atoms with Crippen LogP contribution in [-0.2, 0) is 23.1 Å². The molecule has 1 saturated heterocycles. The van der Waals surface area contributed by atoms with E-state index in [1.807, 2.05) is 30.3 Å². The molecule has 3 aliphatic carbocycles. The highest BCUT2D eigenvalue weighted by Crippen LogP contribution is 2.65. The predicted molar refractivity (Wildman–Crippen MR) is 144 cm³/mol. The lowest BCUT2D eigenvalue weighted by Crippen LogP contribution is -2.78. The number of piperidine rings is 1. The van der Waals surface area contributed by atoms with Gasteiger partial charge in [0.15, 0.2) is 11.5 Å². The van der Waals surface area contributed by atoms with Gasteiger partial charge in [-0.05, 0) is 79.0 Å². The van der Waals surface area contributed by atoms with Gasteiger partial charge in [0.05, 0.1) is 23.5 Å². The number of nitrogens with one attached hydrogen (secondary N) is 1. The third-order valence-electron chi connectivity index (χ3n) is 10.3. The van der Waals surface area contributed by atoms with Crippen LogP contribution < -0.4 is 10.1 Å². The molecule has 1 amide bonds. The van der Waals surface area contributed by atoms with E-state index in [1.54, 1.807) is 6.07 Å². The van der Waals surface area contributed by atoms with Crippen molar-refractivity contribution in [1.82, 2.24) is 10.2 Å². The van der Waals surface area contributed by atoms with Gasteiger partial charge in [-0.1, -0.05) is 48.5 Å². The Morgan fingerprint density at radius 2 is 1.89 bits per heavy atom. The van der Waals surface area contributed by atoms with Crippen molar-refractivity contribution in [3.8, 4) is 11.5 Å². The van der Waals surface area contributed by atoms with E-state index in [1.165, 1.54) is 18.4 Å². The van der Waals surface area contributed by atoms with Crippen LogP contribution in [0.15, 0.2) is 54.6 Å². The summed E-state index contributed by atoms with van der Waals surface area (Å²) in [7, 11) is 0. The van der Waals surface area contributed by atoms with Gasteiger partial charge in [-0.3, -0.25) is 9.69 Å². The fourth-order valence-electron chi connectivity index (χ4n) is 8.51. The maximum atomic E-state index is 13.5. The summed E-state index contributed by atoms with van der Waals surface area (Å²) in [6, 6.07) is 17.8. The smallest absolute Gasteiger partial charge is 0.224 e. The Morgan fingerprint density at radius 1 is 1.05 bits per heavy atom. The van der Waals surface area contributed by atoms with Crippen LogP contribution in [0.5, 0.6) is 11.5 Å². The summed E-state index contributed by atoms with van der Waals surface area (Å²) < 4.78 is 6.59. The van der Waals surface area contributed by atoms with Crippen LogP contribution in [0.25, 0.3) is 10.8 Å². The molecule has 5 atom stereocenters. The van der Waals surface area contributed by atoms with Crippen LogP contribution in [-0.4, -0.2) is 57.9 Å². The van der Waals surface area contributed by atoms with Gasteiger partial charge in [-0.15, -0.1) is 0 Å². The Balaban J connectivity index is 1.14. The number of rotatable bonds is 5. The molecule has 0 aromatic heterocycles. The molecule has 196 valence electrons. The minimum absolute atomic E-state index is 0.0317. The van der Waals surface area contributed by atoms with Crippen molar-refractivity contribution in [2.45, 2.75) is 74.1 Å². The number of ether oxygens (including phenoxy) is 1. The van der Waals surface area contributed by atoms with Crippen molar-refractivity contribution in [1.29, 1.82) is 0 Å². The molecule has 1 spiro atoms. The number of hydrogen-bond acceptors (Lipinski definition) is 5. The van der Waals surface area contributed by atoms with E-state index in [-0.39, 0.29) is 23.7 Å². The van der Waals surface area contributed by atoms with Crippen LogP contribution in [0.1, 0.15) is 48.8 Å². The van der Waals surface area contributed by atoms with Gasteiger partial charge in [0, 0.05) is 18.2 Å². The Bertz CT molecular complexity index is 1460. The van der Waals surface area contributed by atoms with Crippen LogP contribution in [0, 0.1) is 5.92 Å². The molecule has 2 aliphatic heterocycles. The number of carbonyl (C=O) groups excluding carboxylic acids is 1. The van der Waals surface area contributed by atoms with E-state index >= 15 is 0 Å². The molecule has 5 aliphatic rings. The number of aliphatic hydroxyl groups is 1. The molecule has 3 aromatic carbocycles. The zero-order chi connectivity index (χ0) is 25.6. The van der Waals surface area contributed by atoms with Crippen LogP contribution in [0.2, 0.25) is 0 Å². The molecule has 0 unspecified atom stereocenters. The number of nitrogens with zero attached hydrogens (tertiary/aromatic N) is 1. The number of phenolic OH excluding ortho intramolecular Hbond substituents is 1. The Kier molecular flexibility index (Phi) is 4.79. The SMILES string of the molecule is O=C(Cc1cccc2ccccc12)N[C@H]1CC[C@@]2(O)[C@H]3Cc4ccc(O)c5c4[C@@]2(CCN3CC2CC2)[C@H]1O5. The maximum absolute atomic E-state index is 13.5. The second-order valence-corrected chi connectivity index (χ2v) is 12.3. The van der Waals surface area contributed by atoms with Crippen LogP contribution in [0.3, 0.4) is 0 Å². The lowest BCUT2D eigenvalue weighted by Gasteiger charge is -2.64. The van der Waals surface area contributed by atoms with Crippen LogP contribution >= 0.6 is 0 Å². The fraction of sp³-hybridized carbons (Fsp3) is 0.469. The first-order valence-electron chi connectivity index (χ1n) is 14.2. The number of likely N-dealkylation sites (tertiary alicyclic amines) is 1. The van der Waals surface area contributed by atoms with Gasteiger partial charge in [-0.25, -0.2) is 0 Å². The van der Waals surface area contributed by atoms with Crippen molar-refractivity contribution in [3.63, 3.8) is 0 Å². The van der Waals surface area contributed by atoms with E-state index in [4.69, 9.17) is 4.74 Å². The predicted octanol–water partition coefficient (Wildman–Crippen LogP) is 3.84. The molecule has 0 radical (unpaired) electrons. The van der Waals surface area contributed by atoms with Gasteiger partial charge in [0.2, 0.25) is 5.91 Å². The van der Waals surface area contributed by atoms with Gasteiger partial charge in [-0.2, -0.15) is 0 Å². The zero-order valence-electron chi connectivity index (χ0n) is 21.5. The van der Waals surface area contributed by atoms with E-state index in [0.29, 0.717) is 25.0 Å². The number of carbonyl (C=O) groups is 1. The fourth-order valence-corrected chi connectivity index (χ4v) is 8.51. The Hall–Kier alpha value is -3.09. The number of phenols is 1. The summed E-state index contributed by atoms with van der Waals surface area (Å²) in [4.78, 5) is 16.0. The summed E-state index contributed by atoms with van der Waals surface area (Å²) in [6.45, 7) is 1.97. The Morgan fingerprint density at radius 3 is 2.76 bits per heavy atom. The molecule has 2 saturated carbocycles. The second kappa shape index (κ2) is 7.96. The molecule has 38 heavy (non-hydrogen) atoms. The minimum Gasteiger partial charge on any atom is -0.504 e. The summed E-state index contributed by atoms with van der Waals surface area (Å²) in [6.07, 6.45) is 5.30. The largest absolute Gasteiger partial charge is 0.504 e. The number of benzene rings is 3. The average Bonchev–Trinajstić information content (AvgIpc) is 3.66. The quantitative estimate of drug-likeness (QED) is 0.486. The second-order valence-electron chi connectivity index (χ2n) is 12.3. The number of hydrogen-bond donors (Lipinski definition) is 3. The number of amides is 1. The maximum Gasteiger partial charge on any atom is 0.224 e. The standard InChI is InChI=1S/C32H34N2O4/c35-25-11-10-22-16-26-32(37)13-12-24(33-27(36)17-21-6-3-5-20-4-1-2-7-23(20)21)30-31(32,28(22)29(25)38-30)14-15-34(26)18-19-8-9-19/h1-7,10-11,19,24,26,30,35,37H,8-9,12-18H2,(H,33,36)/t24-,26+,30-,31-,32+/m0/s1. The van der Waals surface area contributed by atoms with Gasteiger partial charge in [0.1, 0.15) is 6.10 Å². The van der Waals surface area contributed by atoms with E-state index in [0.717, 1.165) is 53.7 Å². The van der Waals surface area contributed by atoms with Crippen LogP contribution in [0.4, 0.5) is 0 Å². The molecule has 3 fully saturated rings. The number of fused-ring (bicyclic) bond motifs is 1. The zero-order valence-corrected chi connectivity index (χ0v) is 21.5. The molecule has 3 N–H and O–H groups in total. The third kappa shape index (κ3) is 3.04. The van der Waals surface area contributed by atoms with Crippen molar-refractivity contribution >= 4 is 16.7 Å². The highest BCUT2D eigenvalue weighted by molar-refractivity contribution is 5.90. The summed E-state index contributed by atoms with van der Waals surface area (Å²) in [5.74, 6) is 1.38. The molecule has 2 heterocycles. The average molecular weight is 511 g/mol. The lowest BCUT2D eigenvalue weighted by molar-refractivity contribution is -0.192. The third-order valence-corrected chi connectivity index (χ3v) is 10.3. The van der Waals surface area contributed by atoms with Gasteiger partial charge in [0.25, 0.3) is 0 Å². The lowest BCUT2D eigenvalue weighted by atomic mass is 9.48. The first kappa shape index (κ1) is 22.9. The summed E-state index contributed by atoms with van der Waals surface area (Å²) >= 11 is 0. The van der Waals surface area contributed by atoms with Crippen molar-refractivity contribution in [2.24, 2.45) is 5.92 Å². The molecule has 2 bridgehead atoms. The normalized spacial score (nSPS) is 33.0. The Labute approximate surface area is 222 Å². The van der Waals surface area contributed by atoms with Crippen molar-refractivity contribution in [3.05, 3.63) is 71.3 Å². The van der Waals surface area contributed by atoms with E-state index in [9.17, 15) is 15.0 Å². The first-order chi connectivity index (χ1) is 18.5. The van der Waals surface area contributed by atoms with Gasteiger partial charge < -0.3 is 20.3 Å². The highest BCUT2D eigenvalue weighted by Gasteiger charge is 2.73. The topological polar surface area (TPSA) is 82.0 Å². The molecule has 6 nitrogen and oxygen atoms in total. The summed E-state index contributed by atoms with van der Waals surface area (Å²) in [5.41, 5.74) is 1.63. The summed E-state index contributed by atoms with van der Waals surface area (Å²) in [5, 5.41) is 29.0. The van der Waals surface area contributed by atoms with Gasteiger partial charge >= 0.3 is 0 Å². The number of aromatic hydroxyl groups is 1. The molecule has 8 rings (SSSR count). The first-order valence-corrected chi connectivity index (χ1v) is 14.2. The molecule has 6 heteroatoms. The monoisotopic (exact) mass is 510 g/mol.